The average Bonchev–Trinajstić information content (AvgIpc) is 2.84. The number of hydrogen-bond donors (Lipinski definition) is 1. The van der Waals surface area contributed by atoms with Crippen LogP contribution in [-0.2, 0) is 13.0 Å². The van der Waals surface area contributed by atoms with Gasteiger partial charge in [0.25, 0.3) is 0 Å². The number of benzene rings is 2. The molecule has 0 saturated heterocycles. The summed E-state index contributed by atoms with van der Waals surface area (Å²) in [6, 6.07) is 14.5. The highest BCUT2D eigenvalue weighted by atomic mass is 35.5. The molecule has 0 atom stereocenters. The highest BCUT2D eigenvalue weighted by molar-refractivity contribution is 7.18. The summed E-state index contributed by atoms with van der Waals surface area (Å²) in [5, 5.41) is 5.06. The lowest BCUT2D eigenvalue weighted by Gasteiger charge is -2.05. The summed E-state index contributed by atoms with van der Waals surface area (Å²) in [6.45, 7) is 0.792. The van der Waals surface area contributed by atoms with Crippen molar-refractivity contribution in [3.8, 4) is 0 Å². The fourth-order valence-corrected chi connectivity index (χ4v) is 3.48. The number of para-hydroxylation sites is 1. The molecule has 0 bridgehead atoms. The smallest absolute Gasteiger partial charge is 0.0982 e. The first-order valence-electron chi connectivity index (χ1n) is 6.52. The van der Waals surface area contributed by atoms with Gasteiger partial charge in [0, 0.05) is 18.0 Å². The monoisotopic (exact) mass is 302 g/mol. The third-order valence-corrected chi connectivity index (χ3v) is 4.57. The highest BCUT2D eigenvalue weighted by Gasteiger charge is 2.06. The van der Waals surface area contributed by atoms with Gasteiger partial charge < -0.3 is 5.32 Å². The summed E-state index contributed by atoms with van der Waals surface area (Å²) in [5.74, 6) is 0. The molecule has 0 aliphatic rings. The molecule has 0 aliphatic heterocycles. The zero-order valence-electron chi connectivity index (χ0n) is 11.2. The van der Waals surface area contributed by atoms with Crippen LogP contribution in [0.4, 0.5) is 0 Å². The van der Waals surface area contributed by atoms with E-state index in [4.69, 9.17) is 11.6 Å². The Morgan fingerprint density at radius 3 is 2.80 bits per heavy atom. The second kappa shape index (κ2) is 5.92. The molecule has 2 aromatic carbocycles. The Hall–Kier alpha value is -1.42. The Bertz CT molecular complexity index is 703. The van der Waals surface area contributed by atoms with Crippen LogP contribution in [0.5, 0.6) is 0 Å². The number of rotatable bonds is 4. The van der Waals surface area contributed by atoms with Crippen molar-refractivity contribution >= 4 is 33.2 Å². The van der Waals surface area contributed by atoms with E-state index in [0.717, 1.165) is 34.1 Å². The molecule has 1 N–H and O–H groups in total. The predicted octanol–water partition coefficient (Wildman–Crippen LogP) is 4.26. The topological polar surface area (TPSA) is 24.9 Å². The summed E-state index contributed by atoms with van der Waals surface area (Å²) in [4.78, 5) is 4.66. The van der Waals surface area contributed by atoms with Gasteiger partial charge in [-0.05, 0) is 36.4 Å². The van der Waals surface area contributed by atoms with Gasteiger partial charge in [0.2, 0.25) is 0 Å². The van der Waals surface area contributed by atoms with E-state index in [2.05, 4.69) is 34.6 Å². The van der Waals surface area contributed by atoms with E-state index in [1.54, 1.807) is 11.3 Å². The van der Waals surface area contributed by atoms with E-state index >= 15 is 0 Å². The molecule has 102 valence electrons. The third kappa shape index (κ3) is 2.85. The van der Waals surface area contributed by atoms with Crippen LogP contribution >= 0.6 is 22.9 Å². The van der Waals surface area contributed by atoms with Gasteiger partial charge in [0.05, 0.1) is 15.2 Å². The lowest BCUT2D eigenvalue weighted by molar-refractivity contribution is 0.817. The van der Waals surface area contributed by atoms with Crippen molar-refractivity contribution in [1.29, 1.82) is 0 Å². The molecule has 0 saturated carbocycles. The highest BCUT2D eigenvalue weighted by Crippen LogP contribution is 2.25. The van der Waals surface area contributed by atoms with E-state index in [-0.39, 0.29) is 0 Å². The van der Waals surface area contributed by atoms with E-state index in [9.17, 15) is 0 Å². The molecule has 3 rings (SSSR count). The maximum atomic E-state index is 6.30. The first kappa shape index (κ1) is 13.6. The van der Waals surface area contributed by atoms with Gasteiger partial charge in [-0.3, -0.25) is 0 Å². The van der Waals surface area contributed by atoms with Crippen molar-refractivity contribution in [3.63, 3.8) is 0 Å². The van der Waals surface area contributed by atoms with Crippen molar-refractivity contribution in [2.24, 2.45) is 0 Å². The number of nitrogens with zero attached hydrogens (tertiary/aromatic N) is 1. The number of nitrogens with one attached hydrogen (secondary N) is 1. The Kier molecular flexibility index (Phi) is 4.01. The minimum atomic E-state index is 0.792. The van der Waals surface area contributed by atoms with E-state index in [0.29, 0.717) is 0 Å². The fourth-order valence-electron chi connectivity index (χ4n) is 2.20. The second-order valence-electron chi connectivity index (χ2n) is 4.71. The van der Waals surface area contributed by atoms with Crippen LogP contribution in [0, 0.1) is 0 Å². The largest absolute Gasteiger partial charge is 0.316 e. The average molecular weight is 303 g/mol. The lowest BCUT2D eigenvalue weighted by Crippen LogP contribution is -2.05. The lowest BCUT2D eigenvalue weighted by atomic mass is 10.1. The first-order valence-corrected chi connectivity index (χ1v) is 7.72. The summed E-state index contributed by atoms with van der Waals surface area (Å²) in [6.07, 6.45) is 0.832. The van der Waals surface area contributed by atoms with Crippen molar-refractivity contribution in [1.82, 2.24) is 10.3 Å². The van der Waals surface area contributed by atoms with Crippen LogP contribution in [0.25, 0.3) is 10.2 Å². The Morgan fingerprint density at radius 1 is 1.20 bits per heavy atom. The van der Waals surface area contributed by atoms with Crippen molar-refractivity contribution in [2.45, 2.75) is 13.0 Å². The molecular weight excluding hydrogens is 288 g/mol. The van der Waals surface area contributed by atoms with E-state index < -0.39 is 0 Å². The number of aromatic nitrogens is 1. The normalized spacial score (nSPS) is 11.1. The standard InChI is InChI=1S/C16H15ClN2S/c1-18-10-12-7-6-11(8-13(12)17)9-16-19-14-4-2-3-5-15(14)20-16/h2-8,18H,9-10H2,1H3. The number of hydrogen-bond acceptors (Lipinski definition) is 3. The van der Waals surface area contributed by atoms with E-state index in [1.165, 1.54) is 10.3 Å². The van der Waals surface area contributed by atoms with Gasteiger partial charge in [0.1, 0.15) is 0 Å². The van der Waals surface area contributed by atoms with Crippen LogP contribution in [-0.4, -0.2) is 12.0 Å². The molecule has 3 aromatic rings. The third-order valence-electron chi connectivity index (χ3n) is 3.18. The molecule has 0 unspecified atom stereocenters. The Balaban J connectivity index is 1.85. The van der Waals surface area contributed by atoms with Crippen LogP contribution in [0.2, 0.25) is 5.02 Å². The summed E-state index contributed by atoms with van der Waals surface area (Å²) in [5.41, 5.74) is 3.40. The predicted molar refractivity (Wildman–Crippen MR) is 86.6 cm³/mol. The molecule has 4 heteroatoms. The van der Waals surface area contributed by atoms with Gasteiger partial charge in [-0.1, -0.05) is 35.9 Å². The minimum absolute atomic E-state index is 0.792. The van der Waals surface area contributed by atoms with Gasteiger partial charge in [0.15, 0.2) is 0 Å². The van der Waals surface area contributed by atoms with Gasteiger partial charge >= 0.3 is 0 Å². The number of fused-ring (bicyclic) bond motifs is 1. The van der Waals surface area contributed by atoms with Gasteiger partial charge in [-0.25, -0.2) is 4.98 Å². The molecular formula is C16H15ClN2S. The van der Waals surface area contributed by atoms with Crippen LogP contribution in [0.1, 0.15) is 16.1 Å². The zero-order valence-corrected chi connectivity index (χ0v) is 12.8. The minimum Gasteiger partial charge on any atom is -0.316 e. The van der Waals surface area contributed by atoms with Crippen molar-refractivity contribution in [2.75, 3.05) is 7.05 Å². The summed E-state index contributed by atoms with van der Waals surface area (Å²) >= 11 is 8.04. The Labute approximate surface area is 127 Å². The maximum Gasteiger partial charge on any atom is 0.0982 e. The molecule has 0 spiro atoms. The molecule has 20 heavy (non-hydrogen) atoms. The SMILES string of the molecule is CNCc1ccc(Cc2nc3ccccc3s2)cc1Cl. The number of thiazole rings is 1. The number of halogens is 1. The molecule has 0 aliphatic carbocycles. The molecule has 2 nitrogen and oxygen atoms in total. The van der Waals surface area contributed by atoms with Crippen LogP contribution in [0.15, 0.2) is 42.5 Å². The van der Waals surface area contributed by atoms with Gasteiger partial charge in [-0.15, -0.1) is 11.3 Å². The summed E-state index contributed by atoms with van der Waals surface area (Å²) < 4.78 is 1.24. The molecule has 1 aromatic heterocycles. The first-order chi connectivity index (χ1) is 9.76. The maximum absolute atomic E-state index is 6.30. The molecule has 0 radical (unpaired) electrons. The second-order valence-corrected chi connectivity index (χ2v) is 6.23. The van der Waals surface area contributed by atoms with Crippen molar-refractivity contribution < 1.29 is 0 Å². The van der Waals surface area contributed by atoms with Crippen molar-refractivity contribution in [3.05, 3.63) is 63.6 Å². The van der Waals surface area contributed by atoms with Crippen LogP contribution in [0.3, 0.4) is 0 Å². The molecule has 0 fully saturated rings. The molecule has 0 amide bonds. The quantitative estimate of drug-likeness (QED) is 0.779. The summed E-state index contributed by atoms with van der Waals surface area (Å²) in [7, 11) is 1.92. The Morgan fingerprint density at radius 2 is 2.05 bits per heavy atom. The zero-order chi connectivity index (χ0) is 13.9. The van der Waals surface area contributed by atoms with E-state index in [1.807, 2.05) is 25.2 Å². The van der Waals surface area contributed by atoms with Crippen LogP contribution < -0.4 is 5.32 Å². The van der Waals surface area contributed by atoms with Gasteiger partial charge in [-0.2, -0.15) is 0 Å². The molecule has 1 heterocycles. The fraction of sp³-hybridized carbons (Fsp3) is 0.188.